The summed E-state index contributed by atoms with van der Waals surface area (Å²) in [6.07, 6.45) is 2.22. The molecule has 0 spiro atoms. The lowest BCUT2D eigenvalue weighted by Crippen LogP contribution is -2.34. The van der Waals surface area contributed by atoms with E-state index in [1.54, 1.807) is 29.2 Å². The van der Waals surface area contributed by atoms with Crippen LogP contribution in [0.2, 0.25) is 0 Å². The van der Waals surface area contributed by atoms with Crippen LogP contribution in [0.5, 0.6) is 0 Å². The van der Waals surface area contributed by atoms with Crippen LogP contribution in [0, 0.1) is 5.92 Å². The van der Waals surface area contributed by atoms with Crippen molar-refractivity contribution in [2.45, 2.75) is 45.3 Å². The van der Waals surface area contributed by atoms with Crippen LogP contribution in [-0.4, -0.2) is 54.5 Å². The molecule has 1 aromatic carbocycles. The minimum absolute atomic E-state index is 0.00672. The van der Waals surface area contributed by atoms with E-state index in [1.165, 1.54) is 0 Å². The number of hydrogen-bond acceptors (Lipinski definition) is 4. The Balaban J connectivity index is 1.62. The maximum absolute atomic E-state index is 12.6. The third-order valence-electron chi connectivity index (χ3n) is 5.10. The largest absolute Gasteiger partial charge is 0.376 e. The molecule has 2 saturated heterocycles. The second-order valence-electron chi connectivity index (χ2n) is 7.42. The molecule has 1 aromatic rings. The zero-order valence-electron chi connectivity index (χ0n) is 15.9. The molecule has 146 valence electrons. The number of para-hydroxylation sites is 1. The summed E-state index contributed by atoms with van der Waals surface area (Å²) in [5.41, 5.74) is 0.872. The van der Waals surface area contributed by atoms with Gasteiger partial charge in [0, 0.05) is 32.2 Å². The molecule has 2 heterocycles. The third kappa shape index (κ3) is 4.66. The molecule has 7 heteroatoms. The average molecular weight is 373 g/mol. The number of carbonyl (C=O) groups is 3. The van der Waals surface area contributed by atoms with Gasteiger partial charge >= 0.3 is 0 Å². The van der Waals surface area contributed by atoms with Crippen molar-refractivity contribution in [3.05, 3.63) is 29.8 Å². The molecule has 0 aliphatic carbocycles. The Hall–Kier alpha value is -2.41. The lowest BCUT2D eigenvalue weighted by molar-refractivity contribution is -0.129. The monoisotopic (exact) mass is 373 g/mol. The summed E-state index contributed by atoms with van der Waals surface area (Å²) in [7, 11) is 0. The number of amides is 3. The van der Waals surface area contributed by atoms with Gasteiger partial charge in [-0.3, -0.25) is 14.4 Å². The lowest BCUT2D eigenvalue weighted by Gasteiger charge is -2.21. The molecular formula is C20H27N3O4. The smallest absolute Gasteiger partial charge is 0.253 e. The number of benzene rings is 1. The number of nitrogens with one attached hydrogen (secondary N) is 2. The summed E-state index contributed by atoms with van der Waals surface area (Å²) < 4.78 is 5.52. The minimum Gasteiger partial charge on any atom is -0.376 e. The molecule has 0 bridgehead atoms. The van der Waals surface area contributed by atoms with Gasteiger partial charge in [0.1, 0.15) is 0 Å². The number of carbonyl (C=O) groups excluding carboxylic acids is 3. The number of anilines is 1. The zero-order valence-corrected chi connectivity index (χ0v) is 15.9. The van der Waals surface area contributed by atoms with Crippen molar-refractivity contribution in [1.29, 1.82) is 0 Å². The SMILES string of the molecule is CC(C)N1C[C@@H](C(=O)Nc2ccccc2C(=O)NC[C@@H]2CCCO2)CC1=O. The first kappa shape index (κ1) is 19.4. The van der Waals surface area contributed by atoms with E-state index >= 15 is 0 Å². The van der Waals surface area contributed by atoms with Crippen molar-refractivity contribution in [2.75, 3.05) is 25.0 Å². The van der Waals surface area contributed by atoms with Gasteiger partial charge in [-0.25, -0.2) is 0 Å². The van der Waals surface area contributed by atoms with E-state index in [1.807, 2.05) is 13.8 Å². The van der Waals surface area contributed by atoms with Gasteiger partial charge < -0.3 is 20.3 Å². The minimum atomic E-state index is -0.400. The van der Waals surface area contributed by atoms with E-state index in [0.717, 1.165) is 19.4 Å². The van der Waals surface area contributed by atoms with Crippen molar-refractivity contribution in [3.63, 3.8) is 0 Å². The standard InChI is InChI=1S/C20H27N3O4/c1-13(2)23-12-14(10-18(23)24)19(25)22-17-8-4-3-7-16(17)20(26)21-11-15-6-5-9-27-15/h3-4,7-8,13-15H,5-6,9-12H2,1-2H3,(H,21,26)(H,22,25)/t14-,15-/m0/s1. The fourth-order valence-corrected chi connectivity index (χ4v) is 3.54. The molecule has 2 aliphatic rings. The average Bonchev–Trinajstić information content (AvgIpc) is 3.29. The molecule has 3 rings (SSSR count). The van der Waals surface area contributed by atoms with Crippen molar-refractivity contribution in [1.82, 2.24) is 10.2 Å². The molecule has 0 saturated carbocycles. The molecular weight excluding hydrogens is 346 g/mol. The topological polar surface area (TPSA) is 87.7 Å². The first-order valence-electron chi connectivity index (χ1n) is 9.55. The maximum atomic E-state index is 12.6. The first-order chi connectivity index (χ1) is 13.0. The summed E-state index contributed by atoms with van der Waals surface area (Å²) >= 11 is 0. The number of nitrogens with zero attached hydrogens (tertiary/aromatic N) is 1. The van der Waals surface area contributed by atoms with Crippen LogP contribution in [0.4, 0.5) is 5.69 Å². The summed E-state index contributed by atoms with van der Waals surface area (Å²) in [5.74, 6) is -0.880. The van der Waals surface area contributed by atoms with E-state index in [0.29, 0.717) is 24.3 Å². The second kappa shape index (κ2) is 8.52. The van der Waals surface area contributed by atoms with Gasteiger partial charge in [-0.2, -0.15) is 0 Å². The summed E-state index contributed by atoms with van der Waals surface area (Å²) in [6, 6.07) is 6.99. The Bertz CT molecular complexity index is 713. The van der Waals surface area contributed by atoms with Gasteiger partial charge in [-0.1, -0.05) is 12.1 Å². The quantitative estimate of drug-likeness (QED) is 0.796. The summed E-state index contributed by atoms with van der Waals surface area (Å²) in [4.78, 5) is 38.9. The molecule has 2 aliphatic heterocycles. The van der Waals surface area contributed by atoms with Gasteiger partial charge in [-0.05, 0) is 38.8 Å². The number of hydrogen-bond donors (Lipinski definition) is 2. The Morgan fingerprint density at radius 2 is 2.07 bits per heavy atom. The molecule has 7 nitrogen and oxygen atoms in total. The predicted molar refractivity (Wildman–Crippen MR) is 101 cm³/mol. The van der Waals surface area contributed by atoms with E-state index in [9.17, 15) is 14.4 Å². The van der Waals surface area contributed by atoms with Crippen LogP contribution in [0.25, 0.3) is 0 Å². The van der Waals surface area contributed by atoms with Gasteiger partial charge in [0.2, 0.25) is 11.8 Å². The van der Waals surface area contributed by atoms with Gasteiger partial charge in [-0.15, -0.1) is 0 Å². The molecule has 27 heavy (non-hydrogen) atoms. The van der Waals surface area contributed by atoms with Gasteiger partial charge in [0.05, 0.1) is 23.3 Å². The van der Waals surface area contributed by atoms with E-state index in [2.05, 4.69) is 10.6 Å². The fraction of sp³-hybridized carbons (Fsp3) is 0.550. The van der Waals surface area contributed by atoms with Crippen LogP contribution in [-0.2, 0) is 14.3 Å². The highest BCUT2D eigenvalue weighted by atomic mass is 16.5. The Kier molecular flexibility index (Phi) is 6.11. The van der Waals surface area contributed by atoms with E-state index in [4.69, 9.17) is 4.74 Å². The summed E-state index contributed by atoms with van der Waals surface area (Å²) in [5, 5.41) is 5.71. The van der Waals surface area contributed by atoms with E-state index in [-0.39, 0.29) is 36.3 Å². The van der Waals surface area contributed by atoms with Gasteiger partial charge in [0.15, 0.2) is 0 Å². The Morgan fingerprint density at radius 1 is 1.30 bits per heavy atom. The number of rotatable bonds is 6. The number of likely N-dealkylation sites (tertiary alicyclic amines) is 1. The van der Waals surface area contributed by atoms with Crippen LogP contribution in [0.1, 0.15) is 43.5 Å². The van der Waals surface area contributed by atoms with Crippen LogP contribution < -0.4 is 10.6 Å². The van der Waals surface area contributed by atoms with Crippen molar-refractivity contribution < 1.29 is 19.1 Å². The van der Waals surface area contributed by atoms with E-state index < -0.39 is 5.92 Å². The molecule has 0 unspecified atom stereocenters. The molecule has 2 fully saturated rings. The summed E-state index contributed by atoms with van der Waals surface area (Å²) in [6.45, 7) is 5.48. The Labute approximate surface area is 159 Å². The Morgan fingerprint density at radius 3 is 2.74 bits per heavy atom. The molecule has 2 N–H and O–H groups in total. The molecule has 2 atom stereocenters. The van der Waals surface area contributed by atoms with Crippen LogP contribution in [0.15, 0.2) is 24.3 Å². The molecule has 0 aromatic heterocycles. The molecule has 3 amide bonds. The van der Waals surface area contributed by atoms with Gasteiger partial charge in [0.25, 0.3) is 5.91 Å². The first-order valence-corrected chi connectivity index (χ1v) is 9.55. The van der Waals surface area contributed by atoms with Crippen LogP contribution >= 0.6 is 0 Å². The normalized spacial score (nSPS) is 22.3. The van der Waals surface area contributed by atoms with Crippen molar-refractivity contribution in [3.8, 4) is 0 Å². The van der Waals surface area contributed by atoms with Crippen LogP contribution in [0.3, 0.4) is 0 Å². The zero-order chi connectivity index (χ0) is 19.4. The third-order valence-corrected chi connectivity index (χ3v) is 5.10. The number of ether oxygens (including phenoxy) is 1. The highest BCUT2D eigenvalue weighted by Gasteiger charge is 2.35. The second-order valence-corrected chi connectivity index (χ2v) is 7.42. The molecule has 0 radical (unpaired) electrons. The van der Waals surface area contributed by atoms with Crippen molar-refractivity contribution in [2.24, 2.45) is 5.92 Å². The lowest BCUT2D eigenvalue weighted by atomic mass is 10.1. The maximum Gasteiger partial charge on any atom is 0.253 e. The van der Waals surface area contributed by atoms with Crippen molar-refractivity contribution >= 4 is 23.4 Å². The highest BCUT2D eigenvalue weighted by molar-refractivity contribution is 6.05. The predicted octanol–water partition coefficient (Wildman–Crippen LogP) is 1.79. The highest BCUT2D eigenvalue weighted by Crippen LogP contribution is 2.23. The fourth-order valence-electron chi connectivity index (χ4n) is 3.54.